The Hall–Kier alpha value is -3.33. The van der Waals surface area contributed by atoms with Crippen LogP contribution in [0.15, 0.2) is 64.8 Å². The van der Waals surface area contributed by atoms with Gasteiger partial charge in [0.2, 0.25) is 0 Å². The lowest BCUT2D eigenvalue weighted by Gasteiger charge is -2.40. The molecule has 2 aromatic rings. The van der Waals surface area contributed by atoms with Crippen molar-refractivity contribution in [2.24, 2.45) is 4.99 Å². The molecule has 1 fully saturated rings. The van der Waals surface area contributed by atoms with Crippen LogP contribution < -0.4 is 10.6 Å². The molecule has 2 heterocycles. The average molecular weight is 469 g/mol. The number of halogens is 1. The lowest BCUT2D eigenvalue weighted by molar-refractivity contribution is -0.139. The molecule has 172 valence electrons. The van der Waals surface area contributed by atoms with E-state index in [9.17, 15) is 14.0 Å². The van der Waals surface area contributed by atoms with Crippen molar-refractivity contribution in [3.8, 4) is 0 Å². The summed E-state index contributed by atoms with van der Waals surface area (Å²) in [5.41, 5.74) is 2.73. The van der Waals surface area contributed by atoms with E-state index in [2.05, 4.69) is 20.5 Å². The number of anilines is 2. The number of esters is 1. The molecule has 2 amide bonds. The zero-order valence-electron chi connectivity index (χ0n) is 18.4. The molecule has 2 aliphatic rings. The molecule has 0 saturated carbocycles. The number of allylic oxidation sites excluding steroid dienone is 1. The van der Waals surface area contributed by atoms with Crippen molar-refractivity contribution in [3.05, 3.63) is 71.2 Å². The number of nitrogens with one attached hydrogen (secondary N) is 2. The number of benzene rings is 2. The van der Waals surface area contributed by atoms with Crippen LogP contribution in [-0.2, 0) is 9.53 Å². The SMILES string of the molecule is CCOC(=O)C1=C(C)N=C2SCCCN2[C@@H]1c1ccc(NC(=O)Nc2ccccc2F)cc1. The molecule has 2 N–H and O–H groups in total. The average Bonchev–Trinajstić information content (AvgIpc) is 2.80. The zero-order valence-corrected chi connectivity index (χ0v) is 19.2. The molecule has 0 unspecified atom stereocenters. The topological polar surface area (TPSA) is 83.0 Å². The van der Waals surface area contributed by atoms with Crippen LogP contribution in [-0.4, -0.2) is 41.0 Å². The predicted molar refractivity (Wildman–Crippen MR) is 129 cm³/mol. The van der Waals surface area contributed by atoms with Crippen LogP contribution in [0.5, 0.6) is 0 Å². The molecular weight excluding hydrogens is 443 g/mol. The van der Waals surface area contributed by atoms with Gasteiger partial charge in [0.1, 0.15) is 5.82 Å². The minimum Gasteiger partial charge on any atom is -0.463 e. The third-order valence-electron chi connectivity index (χ3n) is 5.36. The fourth-order valence-corrected chi connectivity index (χ4v) is 4.90. The Morgan fingerprint density at radius 3 is 2.67 bits per heavy atom. The second kappa shape index (κ2) is 10.1. The van der Waals surface area contributed by atoms with Gasteiger partial charge < -0.3 is 20.3 Å². The summed E-state index contributed by atoms with van der Waals surface area (Å²) < 4.78 is 19.1. The summed E-state index contributed by atoms with van der Waals surface area (Å²) in [5, 5.41) is 6.11. The molecule has 0 radical (unpaired) electrons. The standard InChI is InChI=1S/C24H25FN4O3S/c1-3-32-22(30)20-15(2)26-24-29(13-6-14-33-24)21(20)16-9-11-17(12-10-16)27-23(31)28-19-8-5-4-7-18(19)25/h4-5,7-12,21H,3,6,13-14H2,1-2H3,(H2,27,28,31)/t21-/m1/s1. The molecule has 7 nitrogen and oxygen atoms in total. The minimum absolute atomic E-state index is 0.0999. The van der Waals surface area contributed by atoms with Gasteiger partial charge >= 0.3 is 12.0 Å². The largest absolute Gasteiger partial charge is 0.463 e. The van der Waals surface area contributed by atoms with Crippen molar-refractivity contribution in [3.63, 3.8) is 0 Å². The Labute approximate surface area is 196 Å². The molecule has 4 rings (SSSR count). The number of nitrogens with zero attached hydrogens (tertiary/aromatic N) is 2. The molecule has 0 aromatic heterocycles. The van der Waals surface area contributed by atoms with Crippen LogP contribution in [0.25, 0.3) is 0 Å². The normalized spacial score (nSPS) is 17.7. The van der Waals surface area contributed by atoms with Gasteiger partial charge in [-0.3, -0.25) is 0 Å². The fraction of sp³-hybridized carbons (Fsp3) is 0.292. The van der Waals surface area contributed by atoms with E-state index in [1.54, 1.807) is 43.0 Å². The first-order chi connectivity index (χ1) is 16.0. The monoisotopic (exact) mass is 468 g/mol. The van der Waals surface area contributed by atoms with Gasteiger partial charge in [0.15, 0.2) is 5.17 Å². The van der Waals surface area contributed by atoms with Gasteiger partial charge in [-0.2, -0.15) is 0 Å². The maximum Gasteiger partial charge on any atom is 0.338 e. The number of thioether (sulfide) groups is 1. The number of ether oxygens (including phenoxy) is 1. The lowest BCUT2D eigenvalue weighted by atomic mass is 9.94. The van der Waals surface area contributed by atoms with Crippen LogP contribution in [0.2, 0.25) is 0 Å². The number of hydrogen-bond acceptors (Lipinski definition) is 6. The quantitative estimate of drug-likeness (QED) is 0.593. The highest BCUT2D eigenvalue weighted by Crippen LogP contribution is 2.40. The maximum absolute atomic E-state index is 13.8. The highest BCUT2D eigenvalue weighted by atomic mass is 32.2. The Bertz CT molecular complexity index is 1120. The summed E-state index contributed by atoms with van der Waals surface area (Å²) in [5.74, 6) is 0.111. The summed E-state index contributed by atoms with van der Waals surface area (Å²) in [4.78, 5) is 31.9. The molecule has 1 atom stereocenters. The van der Waals surface area contributed by atoms with Crippen molar-refractivity contribution in [2.45, 2.75) is 26.3 Å². The van der Waals surface area contributed by atoms with Crippen LogP contribution in [0, 0.1) is 5.82 Å². The Morgan fingerprint density at radius 1 is 1.18 bits per heavy atom. The molecule has 0 spiro atoms. The minimum atomic E-state index is -0.546. The summed E-state index contributed by atoms with van der Waals surface area (Å²) in [6, 6.07) is 12.4. The van der Waals surface area contributed by atoms with Crippen molar-refractivity contribution < 1.29 is 18.7 Å². The molecule has 9 heteroatoms. The van der Waals surface area contributed by atoms with Crippen molar-refractivity contribution in [1.82, 2.24) is 4.90 Å². The third-order valence-corrected chi connectivity index (χ3v) is 6.44. The molecule has 0 bridgehead atoms. The number of amides is 2. The van der Waals surface area contributed by atoms with Gasteiger partial charge in [0.05, 0.1) is 29.6 Å². The van der Waals surface area contributed by atoms with E-state index in [1.807, 2.05) is 19.1 Å². The van der Waals surface area contributed by atoms with E-state index in [1.165, 1.54) is 12.1 Å². The van der Waals surface area contributed by atoms with Gasteiger partial charge in [0.25, 0.3) is 0 Å². The molecule has 1 saturated heterocycles. The summed E-state index contributed by atoms with van der Waals surface area (Å²) in [7, 11) is 0. The van der Waals surface area contributed by atoms with E-state index in [0.717, 1.165) is 29.4 Å². The van der Waals surface area contributed by atoms with Crippen molar-refractivity contribution >= 4 is 40.3 Å². The number of para-hydroxylation sites is 1. The van der Waals surface area contributed by atoms with E-state index in [4.69, 9.17) is 4.74 Å². The second-order valence-corrected chi connectivity index (χ2v) is 8.65. The predicted octanol–water partition coefficient (Wildman–Crippen LogP) is 5.16. The number of urea groups is 1. The second-order valence-electron chi connectivity index (χ2n) is 7.59. The molecular formula is C24H25FN4O3S. The fourth-order valence-electron chi connectivity index (χ4n) is 3.88. The van der Waals surface area contributed by atoms with E-state index >= 15 is 0 Å². The first-order valence-electron chi connectivity index (χ1n) is 10.8. The Kier molecular flexibility index (Phi) is 6.98. The first kappa shape index (κ1) is 22.8. The first-order valence-corrected chi connectivity index (χ1v) is 11.7. The van der Waals surface area contributed by atoms with Gasteiger partial charge in [-0.15, -0.1) is 0 Å². The van der Waals surface area contributed by atoms with E-state index in [-0.39, 0.29) is 24.3 Å². The number of rotatable bonds is 5. The van der Waals surface area contributed by atoms with Gasteiger partial charge in [-0.1, -0.05) is 36.0 Å². The van der Waals surface area contributed by atoms with Gasteiger partial charge in [-0.05, 0) is 50.1 Å². The molecule has 2 aromatic carbocycles. The molecule has 33 heavy (non-hydrogen) atoms. The Balaban J connectivity index is 1.56. The van der Waals surface area contributed by atoms with E-state index in [0.29, 0.717) is 17.0 Å². The van der Waals surface area contributed by atoms with E-state index < -0.39 is 11.8 Å². The number of carbonyl (C=O) groups is 2. The molecule has 2 aliphatic heterocycles. The number of carbonyl (C=O) groups excluding carboxylic acids is 2. The zero-order chi connectivity index (χ0) is 23.4. The summed E-state index contributed by atoms with van der Waals surface area (Å²) in [6.45, 7) is 4.69. The number of amidine groups is 1. The van der Waals surface area contributed by atoms with Gasteiger partial charge in [0, 0.05) is 18.0 Å². The Morgan fingerprint density at radius 2 is 1.94 bits per heavy atom. The number of fused-ring (bicyclic) bond motifs is 1. The smallest absolute Gasteiger partial charge is 0.338 e. The van der Waals surface area contributed by atoms with Crippen LogP contribution in [0.3, 0.4) is 0 Å². The number of aliphatic imine (C=N–C) groups is 1. The summed E-state index contributed by atoms with van der Waals surface area (Å²) in [6.07, 6.45) is 0.991. The lowest BCUT2D eigenvalue weighted by Crippen LogP contribution is -2.42. The van der Waals surface area contributed by atoms with Crippen LogP contribution in [0.4, 0.5) is 20.6 Å². The van der Waals surface area contributed by atoms with Crippen LogP contribution >= 0.6 is 11.8 Å². The number of hydrogen-bond donors (Lipinski definition) is 2. The maximum atomic E-state index is 13.8. The van der Waals surface area contributed by atoms with Crippen molar-refractivity contribution in [2.75, 3.05) is 29.5 Å². The third kappa shape index (κ3) is 5.03. The highest BCUT2D eigenvalue weighted by Gasteiger charge is 2.37. The van der Waals surface area contributed by atoms with Gasteiger partial charge in [-0.25, -0.2) is 19.0 Å². The van der Waals surface area contributed by atoms with Crippen LogP contribution in [0.1, 0.15) is 31.9 Å². The highest BCUT2D eigenvalue weighted by molar-refractivity contribution is 8.13. The molecule has 0 aliphatic carbocycles. The van der Waals surface area contributed by atoms with Crippen molar-refractivity contribution in [1.29, 1.82) is 0 Å². The summed E-state index contributed by atoms with van der Waals surface area (Å²) >= 11 is 1.68.